The molecule has 2 bridgehead atoms. The van der Waals surface area contributed by atoms with Crippen molar-refractivity contribution >= 4 is 23.8 Å². The van der Waals surface area contributed by atoms with E-state index in [1.54, 1.807) is 53.4 Å². The number of likely N-dealkylation sites (N-methyl/N-ethyl adjacent to an activating group) is 1. The van der Waals surface area contributed by atoms with Crippen molar-refractivity contribution in [3.05, 3.63) is 108 Å². The van der Waals surface area contributed by atoms with Crippen molar-refractivity contribution in [3.63, 3.8) is 0 Å². The molecular formula is C34H40N4O5. The zero-order valence-electron chi connectivity index (χ0n) is 24.9. The van der Waals surface area contributed by atoms with Gasteiger partial charge in [-0.2, -0.15) is 0 Å². The fourth-order valence-corrected chi connectivity index (χ4v) is 4.98. The predicted octanol–water partition coefficient (Wildman–Crippen LogP) is 3.07. The van der Waals surface area contributed by atoms with E-state index in [4.69, 9.17) is 4.74 Å². The fourth-order valence-electron chi connectivity index (χ4n) is 4.98. The highest BCUT2D eigenvalue weighted by molar-refractivity contribution is 5.94. The highest BCUT2D eigenvalue weighted by Crippen LogP contribution is 2.22. The van der Waals surface area contributed by atoms with Crippen LogP contribution in [0.25, 0.3) is 6.08 Å². The van der Waals surface area contributed by atoms with Crippen LogP contribution in [0.4, 0.5) is 0 Å². The lowest BCUT2D eigenvalue weighted by atomic mass is 9.95. The molecule has 2 heterocycles. The highest BCUT2D eigenvalue weighted by Gasteiger charge is 2.39. The Bertz CT molecular complexity index is 1390. The number of fused-ring (bicyclic) bond motifs is 10. The van der Waals surface area contributed by atoms with Crippen molar-refractivity contribution in [1.29, 1.82) is 0 Å². The first kappa shape index (κ1) is 31.5. The number of nitrogens with zero attached hydrogens (tertiary/aromatic N) is 1. The summed E-state index contributed by atoms with van der Waals surface area (Å²) in [4.78, 5) is 43.1. The van der Waals surface area contributed by atoms with Crippen molar-refractivity contribution in [1.82, 2.24) is 20.9 Å². The average Bonchev–Trinajstić information content (AvgIpc) is 3.00. The summed E-state index contributed by atoms with van der Waals surface area (Å²) in [5, 5.41) is 19.6. The van der Waals surface area contributed by atoms with Crippen LogP contribution in [0.3, 0.4) is 0 Å². The summed E-state index contributed by atoms with van der Waals surface area (Å²) >= 11 is 0. The first-order chi connectivity index (χ1) is 20.6. The molecule has 4 N–H and O–H groups in total. The minimum absolute atomic E-state index is 0.221. The summed E-state index contributed by atoms with van der Waals surface area (Å²) in [5.74, 6) is -1.33. The smallest absolute Gasteiger partial charge is 0.249 e. The minimum Gasteiger partial charge on any atom is -0.487 e. The van der Waals surface area contributed by atoms with Crippen LogP contribution >= 0.6 is 0 Å². The molecule has 1 unspecified atom stereocenters. The van der Waals surface area contributed by atoms with Crippen molar-refractivity contribution in [3.8, 4) is 5.75 Å². The Morgan fingerprint density at radius 3 is 2.16 bits per heavy atom. The molecule has 5 rings (SSSR count). The molecule has 0 fully saturated rings. The van der Waals surface area contributed by atoms with Crippen LogP contribution in [0.15, 0.2) is 91.1 Å². The quantitative estimate of drug-likeness (QED) is 0.323. The zero-order chi connectivity index (χ0) is 30.9. The van der Waals surface area contributed by atoms with E-state index >= 15 is 0 Å². The van der Waals surface area contributed by atoms with Crippen molar-refractivity contribution in [2.45, 2.75) is 50.6 Å². The molecule has 0 radical (unpaired) electrons. The number of carbonyl (C=O) groups excluding carboxylic acids is 3. The number of amides is 3. The van der Waals surface area contributed by atoms with Gasteiger partial charge in [0.2, 0.25) is 17.7 Å². The van der Waals surface area contributed by atoms with Gasteiger partial charge in [-0.3, -0.25) is 19.3 Å². The number of aliphatic hydroxyl groups is 1. The van der Waals surface area contributed by atoms with E-state index in [0.717, 1.165) is 11.1 Å². The second kappa shape index (κ2) is 14.6. The standard InChI is InChI=1S/C34H40N4O5/c1-22(2)31-29(37-32(40)27(38(3)4)21-24-11-7-5-8-12-24)34(42)36-28(30(39)25-13-9-6-10-14-25)33(41)35-20-19-23-15-17-26(43-31)18-16-23/h5-20,22,27-31,39H,21H2,1-4H3,(H,35,41)(H,36,42)(H,37,40)/b20-19-/t27-,28+,29-,30?,31+/m0/s1. The average molecular weight is 585 g/mol. The van der Waals surface area contributed by atoms with Gasteiger partial charge in [0.25, 0.3) is 0 Å². The number of benzene rings is 3. The monoisotopic (exact) mass is 584 g/mol. The van der Waals surface area contributed by atoms with Gasteiger partial charge in [0.15, 0.2) is 0 Å². The Hall–Kier alpha value is -4.47. The van der Waals surface area contributed by atoms with Gasteiger partial charge in [-0.25, -0.2) is 0 Å². The summed E-state index contributed by atoms with van der Waals surface area (Å²) in [6.07, 6.45) is 1.44. The maximum absolute atomic E-state index is 14.1. The van der Waals surface area contributed by atoms with Gasteiger partial charge < -0.3 is 25.8 Å². The minimum atomic E-state index is -1.36. The molecule has 5 atom stereocenters. The maximum Gasteiger partial charge on any atom is 0.249 e. The molecule has 9 heteroatoms. The third-order valence-corrected chi connectivity index (χ3v) is 7.45. The normalized spacial score (nSPS) is 21.2. The van der Waals surface area contributed by atoms with E-state index < -0.39 is 42.1 Å². The number of rotatable bonds is 8. The van der Waals surface area contributed by atoms with Crippen molar-refractivity contribution < 1.29 is 24.2 Å². The molecule has 43 heavy (non-hydrogen) atoms. The Balaban J connectivity index is 1.72. The van der Waals surface area contributed by atoms with Crippen molar-refractivity contribution in [2.24, 2.45) is 5.92 Å². The van der Waals surface area contributed by atoms with E-state index in [9.17, 15) is 19.5 Å². The summed E-state index contributed by atoms with van der Waals surface area (Å²) in [6.45, 7) is 3.79. The Labute approximate surface area is 252 Å². The number of aliphatic hydroxyl groups excluding tert-OH is 1. The summed E-state index contributed by atoms with van der Waals surface area (Å²) in [7, 11) is 3.62. The van der Waals surface area contributed by atoms with E-state index in [2.05, 4.69) is 16.0 Å². The second-order valence-electron chi connectivity index (χ2n) is 11.2. The Morgan fingerprint density at radius 1 is 0.930 bits per heavy atom. The first-order valence-corrected chi connectivity index (χ1v) is 14.4. The molecule has 0 aromatic heterocycles. The molecule has 0 saturated carbocycles. The third-order valence-electron chi connectivity index (χ3n) is 7.45. The SMILES string of the molecule is CC(C)[C@H]1Oc2ccc(cc2)/C=C\NC(=O)[C@@H](C(O)c2ccccc2)NC(=O)[C@H]1NC(=O)[C@H](Cc1ccccc1)N(C)C. The van der Waals surface area contributed by atoms with Gasteiger partial charge in [-0.15, -0.1) is 0 Å². The second-order valence-corrected chi connectivity index (χ2v) is 11.2. The largest absolute Gasteiger partial charge is 0.487 e. The molecule has 3 aromatic rings. The maximum atomic E-state index is 14.1. The molecule has 3 amide bonds. The van der Waals surface area contributed by atoms with Gasteiger partial charge >= 0.3 is 0 Å². The van der Waals surface area contributed by atoms with Crippen molar-refractivity contribution in [2.75, 3.05) is 14.1 Å². The molecule has 2 aliphatic heterocycles. The lowest BCUT2D eigenvalue weighted by Crippen LogP contribution is -2.62. The van der Waals surface area contributed by atoms with Crippen LogP contribution in [0, 0.1) is 5.92 Å². The van der Waals surface area contributed by atoms with Crippen LogP contribution in [0.2, 0.25) is 0 Å². The first-order valence-electron chi connectivity index (χ1n) is 14.4. The van der Waals surface area contributed by atoms with Crippen LogP contribution < -0.4 is 20.7 Å². The van der Waals surface area contributed by atoms with Gasteiger partial charge in [-0.1, -0.05) is 86.6 Å². The van der Waals surface area contributed by atoms with Crippen LogP contribution in [0.1, 0.15) is 36.6 Å². The van der Waals surface area contributed by atoms with Gasteiger partial charge in [0.1, 0.15) is 30.0 Å². The molecule has 226 valence electrons. The highest BCUT2D eigenvalue weighted by atomic mass is 16.5. The van der Waals surface area contributed by atoms with Crippen LogP contribution in [0.5, 0.6) is 5.75 Å². The van der Waals surface area contributed by atoms with E-state index in [1.807, 2.05) is 70.4 Å². The van der Waals surface area contributed by atoms with Crippen LogP contribution in [-0.2, 0) is 20.8 Å². The van der Waals surface area contributed by atoms with E-state index in [-0.39, 0.29) is 11.8 Å². The molecule has 0 spiro atoms. The lowest BCUT2D eigenvalue weighted by Gasteiger charge is -2.34. The van der Waals surface area contributed by atoms with Crippen LogP contribution in [-0.4, -0.2) is 66.1 Å². The topological polar surface area (TPSA) is 120 Å². The Morgan fingerprint density at radius 2 is 1.56 bits per heavy atom. The molecule has 9 nitrogen and oxygen atoms in total. The fraction of sp³-hybridized carbons (Fsp3) is 0.324. The molecule has 2 aliphatic rings. The summed E-state index contributed by atoms with van der Waals surface area (Å²) < 4.78 is 6.35. The number of hydrogen-bond donors (Lipinski definition) is 4. The molecule has 0 saturated heterocycles. The van der Waals surface area contributed by atoms with Gasteiger partial charge in [-0.05, 0) is 61.3 Å². The van der Waals surface area contributed by atoms with E-state index in [0.29, 0.717) is 17.7 Å². The number of carbonyl (C=O) groups is 3. The number of ether oxygens (including phenoxy) is 1. The van der Waals surface area contributed by atoms with Gasteiger partial charge in [0, 0.05) is 6.20 Å². The lowest BCUT2D eigenvalue weighted by molar-refractivity contribution is -0.137. The summed E-state index contributed by atoms with van der Waals surface area (Å²) in [5.41, 5.74) is 2.24. The zero-order valence-corrected chi connectivity index (χ0v) is 24.9. The molecule has 3 aromatic carbocycles. The molecule has 0 aliphatic carbocycles. The van der Waals surface area contributed by atoms with E-state index in [1.165, 1.54) is 6.20 Å². The number of nitrogens with one attached hydrogen (secondary N) is 3. The van der Waals surface area contributed by atoms with Gasteiger partial charge in [0.05, 0.1) is 6.04 Å². The number of hydrogen-bond acceptors (Lipinski definition) is 6. The predicted molar refractivity (Wildman–Crippen MR) is 166 cm³/mol. The Kier molecular flexibility index (Phi) is 10.7. The molecular weight excluding hydrogens is 544 g/mol. The third kappa shape index (κ3) is 8.30. The summed E-state index contributed by atoms with van der Waals surface area (Å²) in [6, 6.07) is 22.3.